The molecule has 0 fully saturated rings. The number of carbonyl (C=O) groups is 3. The van der Waals surface area contributed by atoms with Crippen molar-refractivity contribution in [2.24, 2.45) is 5.73 Å². The van der Waals surface area contributed by atoms with Gasteiger partial charge in [-0.1, -0.05) is 0 Å². The van der Waals surface area contributed by atoms with Crippen LogP contribution in [0.25, 0.3) is 0 Å². The number of aromatic carboxylic acids is 1. The second-order valence-corrected chi connectivity index (χ2v) is 6.16. The SMILES string of the molecule is CC(=O)Nc1ccc(N)c(C#N)c1.N#Cc1cc(C(N)=O)ccc1N.O=C(O)c1ccco1. The van der Waals surface area contributed by atoms with Crippen molar-refractivity contribution in [2.45, 2.75) is 6.92 Å². The molecular weight excluding hydrogens is 428 g/mol. The Labute approximate surface area is 188 Å². The van der Waals surface area contributed by atoms with E-state index in [0.717, 1.165) is 0 Å². The van der Waals surface area contributed by atoms with Crippen molar-refractivity contribution in [2.75, 3.05) is 16.8 Å². The van der Waals surface area contributed by atoms with Crippen molar-refractivity contribution in [3.63, 3.8) is 0 Å². The number of nitrogen functional groups attached to an aromatic ring is 2. The van der Waals surface area contributed by atoms with E-state index in [9.17, 15) is 14.4 Å². The summed E-state index contributed by atoms with van der Waals surface area (Å²) in [6, 6.07) is 15.8. The van der Waals surface area contributed by atoms with Gasteiger partial charge in [0, 0.05) is 29.5 Å². The van der Waals surface area contributed by atoms with E-state index in [0.29, 0.717) is 28.2 Å². The lowest BCUT2D eigenvalue weighted by molar-refractivity contribution is -0.114. The lowest BCUT2D eigenvalue weighted by Gasteiger charge is -2.03. The number of nitrogens with zero attached hydrogens (tertiary/aromatic N) is 2. The van der Waals surface area contributed by atoms with Gasteiger partial charge in [-0.15, -0.1) is 0 Å². The molecule has 0 radical (unpaired) electrons. The maximum Gasteiger partial charge on any atom is 0.371 e. The summed E-state index contributed by atoms with van der Waals surface area (Å²) in [6.45, 7) is 1.41. The van der Waals surface area contributed by atoms with Gasteiger partial charge in [0.15, 0.2) is 0 Å². The maximum atomic E-state index is 10.7. The Morgan fingerprint density at radius 3 is 1.97 bits per heavy atom. The molecule has 3 aromatic rings. The molecule has 11 heteroatoms. The zero-order valence-corrected chi connectivity index (χ0v) is 17.4. The van der Waals surface area contributed by atoms with Gasteiger partial charge in [0.25, 0.3) is 0 Å². The summed E-state index contributed by atoms with van der Waals surface area (Å²) in [4.78, 5) is 31.3. The Kier molecular flexibility index (Phi) is 9.69. The lowest BCUT2D eigenvalue weighted by Crippen LogP contribution is -2.11. The van der Waals surface area contributed by atoms with Gasteiger partial charge in [0.1, 0.15) is 12.1 Å². The van der Waals surface area contributed by atoms with E-state index in [1.54, 1.807) is 12.1 Å². The molecule has 0 unspecified atom stereocenters. The second kappa shape index (κ2) is 12.4. The van der Waals surface area contributed by atoms with Crippen molar-refractivity contribution in [1.82, 2.24) is 0 Å². The molecule has 0 aliphatic heterocycles. The normalized spacial score (nSPS) is 8.94. The highest BCUT2D eigenvalue weighted by molar-refractivity contribution is 5.93. The summed E-state index contributed by atoms with van der Waals surface area (Å²) in [5.74, 6) is -1.79. The molecule has 0 saturated heterocycles. The Bertz CT molecular complexity index is 1220. The van der Waals surface area contributed by atoms with Crippen LogP contribution in [0, 0.1) is 22.7 Å². The molecule has 1 heterocycles. The molecular formula is C22H20N6O5. The summed E-state index contributed by atoms with van der Waals surface area (Å²) in [5.41, 5.74) is 18.2. The van der Waals surface area contributed by atoms with Crippen molar-refractivity contribution in [3.05, 3.63) is 77.2 Å². The third-order valence-electron chi connectivity index (χ3n) is 3.68. The number of amides is 2. The predicted molar refractivity (Wildman–Crippen MR) is 120 cm³/mol. The van der Waals surface area contributed by atoms with Crippen molar-refractivity contribution >= 4 is 34.8 Å². The molecule has 0 aliphatic carbocycles. The molecule has 1 aromatic heterocycles. The molecule has 2 aromatic carbocycles. The molecule has 168 valence electrons. The van der Waals surface area contributed by atoms with Crippen LogP contribution < -0.4 is 22.5 Å². The summed E-state index contributed by atoms with van der Waals surface area (Å²) >= 11 is 0. The minimum atomic E-state index is -1.03. The van der Waals surface area contributed by atoms with E-state index in [-0.39, 0.29) is 17.2 Å². The number of hydrogen-bond acceptors (Lipinski definition) is 8. The molecule has 0 saturated carbocycles. The number of nitriles is 2. The average molecular weight is 448 g/mol. The number of carbonyl (C=O) groups excluding carboxylic acids is 2. The topological polar surface area (TPSA) is 222 Å². The van der Waals surface area contributed by atoms with E-state index in [2.05, 4.69) is 9.73 Å². The molecule has 0 bridgehead atoms. The summed E-state index contributed by atoms with van der Waals surface area (Å²) in [5, 5.41) is 27.9. The van der Waals surface area contributed by atoms with E-state index in [4.69, 9.17) is 32.8 Å². The highest BCUT2D eigenvalue weighted by Gasteiger charge is 2.04. The Hall–Kier alpha value is -5.29. The van der Waals surface area contributed by atoms with Crippen LogP contribution in [-0.4, -0.2) is 22.9 Å². The maximum absolute atomic E-state index is 10.7. The van der Waals surface area contributed by atoms with Crippen LogP contribution in [-0.2, 0) is 4.79 Å². The van der Waals surface area contributed by atoms with Crippen LogP contribution in [0.3, 0.4) is 0 Å². The van der Waals surface area contributed by atoms with Gasteiger partial charge < -0.3 is 32.0 Å². The van der Waals surface area contributed by atoms with Crippen LogP contribution in [0.15, 0.2) is 59.2 Å². The van der Waals surface area contributed by atoms with E-state index in [1.165, 1.54) is 49.6 Å². The van der Waals surface area contributed by atoms with Gasteiger partial charge in [0.05, 0.1) is 17.4 Å². The summed E-state index contributed by atoms with van der Waals surface area (Å²) in [7, 11) is 0. The summed E-state index contributed by atoms with van der Waals surface area (Å²) < 4.78 is 4.50. The lowest BCUT2D eigenvalue weighted by atomic mass is 10.1. The zero-order valence-electron chi connectivity index (χ0n) is 17.4. The number of hydrogen-bond donors (Lipinski definition) is 5. The van der Waals surface area contributed by atoms with Crippen LogP contribution >= 0.6 is 0 Å². The molecule has 33 heavy (non-hydrogen) atoms. The van der Waals surface area contributed by atoms with Crippen molar-refractivity contribution in [1.29, 1.82) is 10.5 Å². The predicted octanol–water partition coefficient (Wildman–Crippen LogP) is 2.32. The van der Waals surface area contributed by atoms with Gasteiger partial charge >= 0.3 is 5.97 Å². The minimum absolute atomic E-state index is 0.0231. The average Bonchev–Trinajstić information content (AvgIpc) is 3.31. The van der Waals surface area contributed by atoms with Gasteiger partial charge in [-0.2, -0.15) is 10.5 Å². The Balaban J connectivity index is 0.000000254. The number of furan rings is 1. The standard InChI is InChI=1S/C9H9N3O.C8H7N3O.C5H4O3/c1-6(13)12-8-2-3-9(11)7(4-8)5-10;9-4-6-3-5(8(11)12)1-2-7(6)10;6-5(7)4-2-1-3-8-4/h2-4H,11H2,1H3,(H,12,13);1-3H,10H2,(H2,11,12);1-3H,(H,6,7). The van der Waals surface area contributed by atoms with Crippen LogP contribution in [0.5, 0.6) is 0 Å². The number of carboxylic acids is 1. The van der Waals surface area contributed by atoms with Gasteiger partial charge in [0.2, 0.25) is 17.6 Å². The van der Waals surface area contributed by atoms with E-state index >= 15 is 0 Å². The number of benzene rings is 2. The molecule has 8 N–H and O–H groups in total. The second-order valence-electron chi connectivity index (χ2n) is 6.16. The number of nitrogens with two attached hydrogens (primary N) is 3. The molecule has 0 aliphatic rings. The van der Waals surface area contributed by atoms with Crippen LogP contribution in [0.2, 0.25) is 0 Å². The van der Waals surface area contributed by atoms with E-state index in [1.807, 2.05) is 12.1 Å². The monoisotopic (exact) mass is 448 g/mol. The molecule has 11 nitrogen and oxygen atoms in total. The quantitative estimate of drug-likeness (QED) is 0.370. The first-order chi connectivity index (χ1) is 15.6. The first-order valence-corrected chi connectivity index (χ1v) is 9.02. The molecule has 0 spiro atoms. The van der Waals surface area contributed by atoms with Gasteiger partial charge in [-0.05, 0) is 48.5 Å². The first-order valence-electron chi connectivity index (χ1n) is 9.02. The summed E-state index contributed by atoms with van der Waals surface area (Å²) in [6.07, 6.45) is 1.32. The minimum Gasteiger partial charge on any atom is -0.475 e. The zero-order chi connectivity index (χ0) is 25.0. The number of anilines is 3. The number of carboxylic acid groups (broad SMARTS) is 1. The fraction of sp³-hybridized carbons (Fsp3) is 0.0455. The van der Waals surface area contributed by atoms with Crippen LogP contribution in [0.4, 0.5) is 17.1 Å². The third kappa shape index (κ3) is 8.54. The smallest absolute Gasteiger partial charge is 0.371 e. The largest absolute Gasteiger partial charge is 0.475 e. The number of primary amides is 1. The Morgan fingerprint density at radius 1 is 0.970 bits per heavy atom. The number of nitrogens with one attached hydrogen (secondary N) is 1. The molecule has 3 rings (SSSR count). The van der Waals surface area contributed by atoms with Crippen LogP contribution in [0.1, 0.15) is 39.0 Å². The fourth-order valence-electron chi connectivity index (χ4n) is 2.14. The van der Waals surface area contributed by atoms with Crippen molar-refractivity contribution < 1.29 is 23.9 Å². The number of rotatable bonds is 3. The highest BCUT2D eigenvalue weighted by atomic mass is 16.4. The third-order valence-corrected chi connectivity index (χ3v) is 3.68. The van der Waals surface area contributed by atoms with Gasteiger partial charge in [-0.25, -0.2) is 4.79 Å². The van der Waals surface area contributed by atoms with Crippen molar-refractivity contribution in [3.8, 4) is 12.1 Å². The fourth-order valence-corrected chi connectivity index (χ4v) is 2.14. The van der Waals surface area contributed by atoms with E-state index < -0.39 is 11.9 Å². The highest BCUT2D eigenvalue weighted by Crippen LogP contribution is 2.16. The molecule has 0 atom stereocenters. The Morgan fingerprint density at radius 2 is 1.55 bits per heavy atom. The first kappa shape index (κ1) is 25.7. The molecule has 2 amide bonds. The van der Waals surface area contributed by atoms with Gasteiger partial charge in [-0.3, -0.25) is 9.59 Å².